The van der Waals surface area contributed by atoms with Gasteiger partial charge in [0, 0.05) is 16.3 Å². The third kappa shape index (κ3) is 5.16. The standard InChI is InChI=1S/C47H33N3O/c1-4-14-30(15-5-1)36-24-25-39(38-23-13-12-22-37(36)38)40-27-35(29-43-44(40)41-26-33-20-10-11-21-34(33)28-42(41)51-43)47-49-45(31-16-6-2-7-17-31)48-46(50-47)32-18-8-3-9-19-32/h1-29,45,47,49H,(H,48,50). The molecule has 0 saturated carbocycles. The molecule has 0 aliphatic carbocycles. The van der Waals surface area contributed by atoms with Crippen molar-refractivity contribution in [2.24, 2.45) is 4.99 Å². The van der Waals surface area contributed by atoms with Crippen LogP contribution in [0.1, 0.15) is 29.0 Å². The van der Waals surface area contributed by atoms with Crippen LogP contribution in [0.15, 0.2) is 185 Å². The molecule has 4 heteroatoms. The lowest BCUT2D eigenvalue weighted by molar-refractivity contribution is 0.409. The second-order valence-electron chi connectivity index (χ2n) is 13.2. The molecule has 0 fully saturated rings. The normalized spacial score (nSPS) is 16.0. The third-order valence-electron chi connectivity index (χ3n) is 10.1. The molecule has 9 aromatic rings. The Bertz CT molecular complexity index is 2750. The van der Waals surface area contributed by atoms with Gasteiger partial charge in [-0.1, -0.05) is 152 Å². The molecule has 51 heavy (non-hydrogen) atoms. The fraction of sp³-hybridized carbons (Fsp3) is 0.0426. The average molecular weight is 656 g/mol. The number of furan rings is 1. The van der Waals surface area contributed by atoms with Gasteiger partial charge in [-0.05, 0) is 79.2 Å². The number of rotatable bonds is 5. The van der Waals surface area contributed by atoms with E-state index in [0.29, 0.717) is 0 Å². The van der Waals surface area contributed by atoms with Gasteiger partial charge in [-0.3, -0.25) is 5.32 Å². The van der Waals surface area contributed by atoms with E-state index < -0.39 is 0 Å². The van der Waals surface area contributed by atoms with Gasteiger partial charge in [0.25, 0.3) is 0 Å². The molecule has 8 aromatic carbocycles. The number of nitrogens with zero attached hydrogens (tertiary/aromatic N) is 1. The van der Waals surface area contributed by atoms with Crippen LogP contribution >= 0.6 is 0 Å². The first-order valence-corrected chi connectivity index (χ1v) is 17.4. The van der Waals surface area contributed by atoms with Gasteiger partial charge in [-0.2, -0.15) is 0 Å². The van der Waals surface area contributed by atoms with Crippen LogP contribution in [0.4, 0.5) is 0 Å². The van der Waals surface area contributed by atoms with Crippen molar-refractivity contribution in [3.8, 4) is 22.3 Å². The van der Waals surface area contributed by atoms with E-state index >= 15 is 0 Å². The molecule has 242 valence electrons. The minimum Gasteiger partial charge on any atom is -0.456 e. The molecular formula is C47H33N3O. The minimum absolute atomic E-state index is 0.144. The van der Waals surface area contributed by atoms with Crippen LogP contribution in [0.2, 0.25) is 0 Å². The lowest BCUT2D eigenvalue weighted by Crippen LogP contribution is -2.44. The zero-order chi connectivity index (χ0) is 33.7. The van der Waals surface area contributed by atoms with Crippen molar-refractivity contribution in [2.45, 2.75) is 12.3 Å². The zero-order valence-electron chi connectivity index (χ0n) is 27.8. The van der Waals surface area contributed by atoms with Crippen molar-refractivity contribution in [3.05, 3.63) is 193 Å². The van der Waals surface area contributed by atoms with Gasteiger partial charge in [-0.25, -0.2) is 4.99 Å². The van der Waals surface area contributed by atoms with E-state index in [4.69, 9.17) is 9.41 Å². The number of hydrogen-bond acceptors (Lipinski definition) is 4. The predicted molar refractivity (Wildman–Crippen MR) is 211 cm³/mol. The summed E-state index contributed by atoms with van der Waals surface area (Å²) in [5, 5.41) is 14.5. The molecule has 2 atom stereocenters. The van der Waals surface area contributed by atoms with Crippen LogP contribution in [0.3, 0.4) is 0 Å². The number of benzene rings is 8. The zero-order valence-corrected chi connectivity index (χ0v) is 27.8. The summed E-state index contributed by atoms with van der Waals surface area (Å²) in [6.07, 6.45) is -0.480. The summed E-state index contributed by atoms with van der Waals surface area (Å²) in [6, 6.07) is 62.3. The summed E-state index contributed by atoms with van der Waals surface area (Å²) >= 11 is 0. The Kier molecular flexibility index (Phi) is 7.00. The quantitative estimate of drug-likeness (QED) is 0.194. The van der Waals surface area contributed by atoms with Crippen molar-refractivity contribution in [1.82, 2.24) is 10.6 Å². The molecule has 2 unspecified atom stereocenters. The highest BCUT2D eigenvalue weighted by Gasteiger charge is 2.27. The van der Waals surface area contributed by atoms with Crippen LogP contribution in [0.5, 0.6) is 0 Å². The first-order valence-electron chi connectivity index (χ1n) is 17.4. The van der Waals surface area contributed by atoms with Gasteiger partial charge in [0.1, 0.15) is 29.3 Å². The van der Waals surface area contributed by atoms with Crippen molar-refractivity contribution < 1.29 is 4.42 Å². The lowest BCUT2D eigenvalue weighted by Gasteiger charge is -2.32. The largest absolute Gasteiger partial charge is 0.456 e. The molecule has 1 aliphatic rings. The topological polar surface area (TPSA) is 49.6 Å². The first kappa shape index (κ1) is 29.4. The molecule has 0 amide bonds. The maximum atomic E-state index is 6.79. The molecule has 0 bridgehead atoms. The number of hydrogen-bond donors (Lipinski definition) is 2. The Balaban J connectivity index is 1.23. The molecule has 0 saturated heterocycles. The number of aliphatic imine (C=N–C) groups is 1. The van der Waals surface area contributed by atoms with E-state index in [1.807, 2.05) is 6.07 Å². The van der Waals surface area contributed by atoms with Gasteiger partial charge < -0.3 is 9.73 Å². The number of fused-ring (bicyclic) bond motifs is 5. The van der Waals surface area contributed by atoms with Crippen molar-refractivity contribution in [3.63, 3.8) is 0 Å². The summed E-state index contributed by atoms with van der Waals surface area (Å²) in [6.45, 7) is 0. The van der Waals surface area contributed by atoms with E-state index in [-0.39, 0.29) is 12.3 Å². The van der Waals surface area contributed by atoms with Gasteiger partial charge in [-0.15, -0.1) is 0 Å². The van der Waals surface area contributed by atoms with Crippen LogP contribution in [-0.2, 0) is 0 Å². The Morgan fingerprint density at radius 2 is 1.06 bits per heavy atom. The second kappa shape index (κ2) is 12.1. The van der Waals surface area contributed by atoms with Gasteiger partial charge in [0.05, 0.1) is 0 Å². The molecule has 1 aliphatic heterocycles. The van der Waals surface area contributed by atoms with Crippen LogP contribution in [0, 0.1) is 0 Å². The Morgan fingerprint density at radius 1 is 0.451 bits per heavy atom. The molecule has 2 N–H and O–H groups in total. The predicted octanol–water partition coefficient (Wildman–Crippen LogP) is 11.6. The fourth-order valence-electron chi connectivity index (χ4n) is 7.68. The molecule has 0 radical (unpaired) electrons. The summed E-state index contributed by atoms with van der Waals surface area (Å²) in [5.74, 6) is 0.850. The highest BCUT2D eigenvalue weighted by atomic mass is 16.3. The lowest BCUT2D eigenvalue weighted by atomic mass is 9.89. The smallest absolute Gasteiger partial charge is 0.136 e. The Labute approximate surface area is 295 Å². The number of amidine groups is 1. The summed E-state index contributed by atoms with van der Waals surface area (Å²) in [7, 11) is 0. The summed E-state index contributed by atoms with van der Waals surface area (Å²) in [4.78, 5) is 5.31. The fourth-order valence-corrected chi connectivity index (χ4v) is 7.68. The Hall–Kier alpha value is -6.49. The molecular weight excluding hydrogens is 623 g/mol. The molecule has 0 spiro atoms. The molecule has 10 rings (SSSR count). The molecule has 4 nitrogen and oxygen atoms in total. The van der Waals surface area contributed by atoms with E-state index in [1.54, 1.807) is 0 Å². The van der Waals surface area contributed by atoms with Crippen molar-refractivity contribution in [2.75, 3.05) is 0 Å². The summed E-state index contributed by atoms with van der Waals surface area (Å²) < 4.78 is 6.79. The minimum atomic E-state index is -0.336. The highest BCUT2D eigenvalue weighted by molar-refractivity contribution is 6.18. The van der Waals surface area contributed by atoms with Crippen molar-refractivity contribution in [1.29, 1.82) is 0 Å². The van der Waals surface area contributed by atoms with Gasteiger partial charge in [0.15, 0.2) is 0 Å². The van der Waals surface area contributed by atoms with Crippen molar-refractivity contribution >= 4 is 49.3 Å². The van der Waals surface area contributed by atoms with Crippen LogP contribution < -0.4 is 10.6 Å². The first-order chi connectivity index (χ1) is 25.3. The SMILES string of the molecule is c1ccc(C2=NC(c3cc(-c4ccc(-c5ccccc5)c5ccccc45)c4c(c3)oc3cc5ccccc5cc34)NC(c3ccccc3)N2)cc1. The van der Waals surface area contributed by atoms with E-state index in [9.17, 15) is 0 Å². The highest BCUT2D eigenvalue weighted by Crippen LogP contribution is 2.44. The van der Waals surface area contributed by atoms with Gasteiger partial charge in [0.2, 0.25) is 0 Å². The molecule has 2 heterocycles. The average Bonchev–Trinajstić information content (AvgIpc) is 3.57. The summed E-state index contributed by atoms with van der Waals surface area (Å²) in [5.41, 5.74) is 9.65. The third-order valence-corrected chi connectivity index (χ3v) is 10.1. The van der Waals surface area contributed by atoms with Crippen LogP contribution in [-0.4, -0.2) is 5.84 Å². The number of nitrogens with one attached hydrogen (secondary N) is 2. The van der Waals surface area contributed by atoms with Gasteiger partial charge >= 0.3 is 0 Å². The monoisotopic (exact) mass is 655 g/mol. The maximum Gasteiger partial charge on any atom is 0.136 e. The van der Waals surface area contributed by atoms with E-state index in [2.05, 4.69) is 180 Å². The van der Waals surface area contributed by atoms with E-state index in [0.717, 1.165) is 61.0 Å². The maximum absolute atomic E-state index is 6.79. The second-order valence-corrected chi connectivity index (χ2v) is 13.2. The molecule has 1 aromatic heterocycles. The van der Waals surface area contributed by atoms with E-state index in [1.165, 1.54) is 27.3 Å². The van der Waals surface area contributed by atoms with Crippen LogP contribution in [0.25, 0.3) is 65.7 Å². The Morgan fingerprint density at radius 3 is 1.80 bits per heavy atom.